The molecule has 0 unspecified atom stereocenters. The topological polar surface area (TPSA) is 71.2 Å². The van der Waals surface area contributed by atoms with E-state index >= 15 is 0 Å². The maximum Gasteiger partial charge on any atom is 0.303 e. The van der Waals surface area contributed by atoms with Gasteiger partial charge in [-0.25, -0.2) is 9.67 Å². The van der Waals surface area contributed by atoms with E-state index in [2.05, 4.69) is 21.9 Å². The van der Waals surface area contributed by atoms with Gasteiger partial charge in [0.15, 0.2) is 0 Å². The Morgan fingerprint density at radius 3 is 3.11 bits per heavy atom. The van der Waals surface area contributed by atoms with Crippen LogP contribution in [0.1, 0.15) is 44.9 Å². The quantitative estimate of drug-likeness (QED) is 0.845. The fraction of sp³-hybridized carbons (Fsp3) is 0.769. The van der Waals surface area contributed by atoms with Crippen LogP contribution in [0.5, 0.6) is 0 Å². The highest BCUT2D eigenvalue weighted by atomic mass is 16.4. The van der Waals surface area contributed by atoms with Gasteiger partial charge in [-0.1, -0.05) is 6.42 Å². The molecule has 1 fully saturated rings. The Morgan fingerprint density at radius 2 is 2.37 bits per heavy atom. The molecule has 1 aromatic heterocycles. The summed E-state index contributed by atoms with van der Waals surface area (Å²) in [6.45, 7) is 4.68. The molecule has 2 rings (SSSR count). The molecular weight excluding hydrogens is 244 g/mol. The van der Waals surface area contributed by atoms with E-state index in [1.807, 2.05) is 4.68 Å². The lowest BCUT2D eigenvalue weighted by Gasteiger charge is -2.35. The summed E-state index contributed by atoms with van der Waals surface area (Å²) in [6, 6.07) is 0.367. The van der Waals surface area contributed by atoms with Crippen molar-refractivity contribution in [3.8, 4) is 0 Å². The Labute approximate surface area is 113 Å². The van der Waals surface area contributed by atoms with E-state index in [0.29, 0.717) is 6.04 Å². The van der Waals surface area contributed by atoms with E-state index in [9.17, 15) is 4.79 Å². The number of carboxylic acids is 1. The Balaban J connectivity index is 1.97. The van der Waals surface area contributed by atoms with Gasteiger partial charge in [0.05, 0.1) is 6.54 Å². The van der Waals surface area contributed by atoms with Crippen molar-refractivity contribution in [3.63, 3.8) is 0 Å². The highest BCUT2D eigenvalue weighted by molar-refractivity contribution is 5.66. The average molecular weight is 266 g/mol. The Bertz CT molecular complexity index is 419. The molecule has 0 saturated carbocycles. The van der Waals surface area contributed by atoms with Crippen molar-refractivity contribution in [2.75, 3.05) is 6.54 Å². The zero-order valence-corrected chi connectivity index (χ0v) is 11.5. The molecule has 0 bridgehead atoms. The molecular formula is C13H22N4O2. The first-order chi connectivity index (χ1) is 9.20. The lowest BCUT2D eigenvalue weighted by molar-refractivity contribution is -0.137. The van der Waals surface area contributed by atoms with Gasteiger partial charge in [0.25, 0.3) is 0 Å². The summed E-state index contributed by atoms with van der Waals surface area (Å²) in [5, 5.41) is 13.0. The summed E-state index contributed by atoms with van der Waals surface area (Å²) in [5.74, 6) is 0.270. The molecule has 0 radical (unpaired) electrons. The van der Waals surface area contributed by atoms with Gasteiger partial charge in [-0.05, 0) is 32.7 Å². The van der Waals surface area contributed by atoms with Crippen LogP contribution in [0.4, 0.5) is 0 Å². The molecule has 106 valence electrons. The molecule has 0 amide bonds. The lowest BCUT2D eigenvalue weighted by atomic mass is 9.98. The normalized spacial score (nSPS) is 20.6. The van der Waals surface area contributed by atoms with Gasteiger partial charge in [-0.15, -0.1) is 0 Å². The summed E-state index contributed by atoms with van der Waals surface area (Å²) in [7, 11) is 0. The molecule has 2 heterocycles. The smallest absolute Gasteiger partial charge is 0.303 e. The third-order valence-corrected chi connectivity index (χ3v) is 3.78. The summed E-state index contributed by atoms with van der Waals surface area (Å²) >= 11 is 0. The second kappa shape index (κ2) is 6.65. The minimum absolute atomic E-state index is 0.252. The predicted octanol–water partition coefficient (Wildman–Crippen LogP) is 1.52. The van der Waals surface area contributed by atoms with Gasteiger partial charge in [-0.3, -0.25) is 9.69 Å². The maximum atomic E-state index is 10.7. The first-order valence-electron chi connectivity index (χ1n) is 7.03. The zero-order chi connectivity index (χ0) is 13.7. The van der Waals surface area contributed by atoms with E-state index in [4.69, 9.17) is 5.11 Å². The van der Waals surface area contributed by atoms with Gasteiger partial charge in [0.2, 0.25) is 0 Å². The molecule has 6 heteroatoms. The molecule has 19 heavy (non-hydrogen) atoms. The van der Waals surface area contributed by atoms with Crippen molar-refractivity contribution < 1.29 is 9.90 Å². The SMILES string of the molecule is CCn1ncnc1CN1CCCC[C@@H]1CCC(=O)O. The molecule has 1 aromatic rings. The number of hydrogen-bond donors (Lipinski definition) is 1. The van der Waals surface area contributed by atoms with Crippen LogP contribution in [-0.4, -0.2) is 43.3 Å². The summed E-state index contributed by atoms with van der Waals surface area (Å²) < 4.78 is 1.91. The number of hydrogen-bond acceptors (Lipinski definition) is 4. The van der Waals surface area contributed by atoms with Crippen LogP contribution >= 0.6 is 0 Å². The first kappa shape index (κ1) is 14.0. The van der Waals surface area contributed by atoms with Gasteiger partial charge in [-0.2, -0.15) is 5.10 Å². The number of piperidine rings is 1. The van der Waals surface area contributed by atoms with Crippen molar-refractivity contribution in [3.05, 3.63) is 12.2 Å². The number of aliphatic carboxylic acids is 1. The number of aromatic nitrogens is 3. The number of rotatable bonds is 6. The van der Waals surface area contributed by atoms with Gasteiger partial charge in [0, 0.05) is 19.0 Å². The summed E-state index contributed by atoms with van der Waals surface area (Å²) in [6.07, 6.45) is 6.05. The van der Waals surface area contributed by atoms with Crippen molar-refractivity contribution in [2.45, 2.75) is 58.2 Å². The van der Waals surface area contributed by atoms with E-state index < -0.39 is 5.97 Å². The standard InChI is InChI=1S/C13H22N4O2/c1-2-17-12(14-10-15-17)9-16-8-4-3-5-11(16)6-7-13(18)19/h10-11H,2-9H2,1H3,(H,18,19)/t11-/m1/s1. The number of carboxylic acid groups (broad SMARTS) is 1. The molecule has 1 saturated heterocycles. The van der Waals surface area contributed by atoms with Crippen molar-refractivity contribution >= 4 is 5.97 Å². The Hall–Kier alpha value is -1.43. The largest absolute Gasteiger partial charge is 0.481 e. The first-order valence-corrected chi connectivity index (χ1v) is 7.03. The molecule has 1 atom stereocenters. The highest BCUT2D eigenvalue weighted by Gasteiger charge is 2.24. The minimum atomic E-state index is -0.706. The van der Waals surface area contributed by atoms with E-state index in [-0.39, 0.29) is 6.42 Å². The molecule has 0 spiro atoms. The number of aryl methyl sites for hydroxylation is 1. The molecule has 1 aliphatic heterocycles. The Kier molecular flexibility index (Phi) is 4.90. The fourth-order valence-corrected chi connectivity index (χ4v) is 2.74. The van der Waals surface area contributed by atoms with Crippen molar-refractivity contribution in [1.29, 1.82) is 0 Å². The van der Waals surface area contributed by atoms with Gasteiger partial charge in [0.1, 0.15) is 12.2 Å². The molecule has 6 nitrogen and oxygen atoms in total. The summed E-state index contributed by atoms with van der Waals surface area (Å²) in [5.41, 5.74) is 0. The monoisotopic (exact) mass is 266 g/mol. The van der Waals surface area contributed by atoms with Crippen molar-refractivity contribution in [1.82, 2.24) is 19.7 Å². The third kappa shape index (κ3) is 3.76. The molecule has 0 aromatic carbocycles. The molecule has 0 aliphatic carbocycles. The van der Waals surface area contributed by atoms with Crippen LogP contribution < -0.4 is 0 Å². The third-order valence-electron chi connectivity index (χ3n) is 3.78. The van der Waals surface area contributed by atoms with E-state index in [0.717, 1.165) is 38.3 Å². The van der Waals surface area contributed by atoms with Crippen LogP contribution in [-0.2, 0) is 17.9 Å². The lowest BCUT2D eigenvalue weighted by Crippen LogP contribution is -2.39. The second-order valence-corrected chi connectivity index (χ2v) is 5.04. The van der Waals surface area contributed by atoms with Crippen LogP contribution in [0.3, 0.4) is 0 Å². The fourth-order valence-electron chi connectivity index (χ4n) is 2.74. The minimum Gasteiger partial charge on any atom is -0.481 e. The predicted molar refractivity (Wildman–Crippen MR) is 70.6 cm³/mol. The van der Waals surface area contributed by atoms with E-state index in [1.165, 1.54) is 12.8 Å². The maximum absolute atomic E-state index is 10.7. The average Bonchev–Trinajstić information content (AvgIpc) is 2.85. The number of nitrogens with zero attached hydrogens (tertiary/aromatic N) is 4. The number of carbonyl (C=O) groups is 1. The van der Waals surface area contributed by atoms with Gasteiger partial charge >= 0.3 is 5.97 Å². The highest BCUT2D eigenvalue weighted by Crippen LogP contribution is 2.22. The number of likely N-dealkylation sites (tertiary alicyclic amines) is 1. The van der Waals surface area contributed by atoms with Crippen LogP contribution in [0, 0.1) is 0 Å². The second-order valence-electron chi connectivity index (χ2n) is 5.04. The molecule has 1 aliphatic rings. The zero-order valence-electron chi connectivity index (χ0n) is 11.5. The van der Waals surface area contributed by atoms with Crippen LogP contribution in [0.2, 0.25) is 0 Å². The van der Waals surface area contributed by atoms with Crippen molar-refractivity contribution in [2.24, 2.45) is 0 Å². The van der Waals surface area contributed by atoms with Gasteiger partial charge < -0.3 is 5.11 Å². The summed E-state index contributed by atoms with van der Waals surface area (Å²) in [4.78, 5) is 17.4. The van der Waals surface area contributed by atoms with Crippen LogP contribution in [0.15, 0.2) is 6.33 Å². The Morgan fingerprint density at radius 1 is 1.53 bits per heavy atom. The molecule has 1 N–H and O–H groups in total. The van der Waals surface area contributed by atoms with E-state index in [1.54, 1.807) is 6.33 Å². The van der Waals surface area contributed by atoms with Crippen LogP contribution in [0.25, 0.3) is 0 Å².